The van der Waals surface area contributed by atoms with Gasteiger partial charge in [-0.25, -0.2) is 18.3 Å². The van der Waals surface area contributed by atoms with Crippen molar-refractivity contribution in [2.75, 3.05) is 11.9 Å². The van der Waals surface area contributed by atoms with E-state index in [-0.39, 0.29) is 37.6 Å². The van der Waals surface area contributed by atoms with Gasteiger partial charge in [-0.1, -0.05) is 17.7 Å². The van der Waals surface area contributed by atoms with Gasteiger partial charge in [-0.15, -0.1) is 0 Å². The highest BCUT2D eigenvalue weighted by Crippen LogP contribution is 2.33. The number of rotatable bonds is 5. The SMILES string of the molecule is CC1=C(CNc2ccn3ncc(C(=O)NC4CCC(F)(F)CC4)c3n2)CCC=C1. The summed E-state index contributed by atoms with van der Waals surface area (Å²) in [5.41, 5.74) is 3.41. The molecule has 154 valence electrons. The minimum Gasteiger partial charge on any atom is -0.366 e. The molecule has 2 aromatic rings. The average Bonchev–Trinajstić information content (AvgIpc) is 3.12. The number of carbonyl (C=O) groups is 1. The number of nitrogens with zero attached hydrogens (tertiary/aromatic N) is 3. The van der Waals surface area contributed by atoms with Crippen LogP contribution in [0.5, 0.6) is 0 Å². The monoisotopic (exact) mass is 401 g/mol. The largest absolute Gasteiger partial charge is 0.366 e. The molecule has 0 aromatic carbocycles. The molecular weight excluding hydrogens is 376 g/mol. The Kier molecular flexibility index (Phi) is 5.34. The minimum absolute atomic E-state index is 0.191. The Balaban J connectivity index is 1.45. The van der Waals surface area contributed by atoms with E-state index in [1.165, 1.54) is 17.3 Å². The fourth-order valence-electron chi connectivity index (χ4n) is 3.83. The number of hydrogen-bond acceptors (Lipinski definition) is 4. The summed E-state index contributed by atoms with van der Waals surface area (Å²) in [7, 11) is 0. The molecule has 8 heteroatoms. The maximum absolute atomic E-state index is 13.3. The summed E-state index contributed by atoms with van der Waals surface area (Å²) in [6, 6.07) is 1.58. The fraction of sp³-hybridized carbons (Fsp3) is 0.476. The van der Waals surface area contributed by atoms with E-state index in [0.717, 1.165) is 12.8 Å². The van der Waals surface area contributed by atoms with Crippen LogP contribution in [0.1, 0.15) is 55.8 Å². The number of hydrogen-bond donors (Lipinski definition) is 2. The Morgan fingerprint density at radius 2 is 2.14 bits per heavy atom. The summed E-state index contributed by atoms with van der Waals surface area (Å²) >= 11 is 0. The van der Waals surface area contributed by atoms with Crippen molar-refractivity contribution >= 4 is 17.4 Å². The molecule has 2 heterocycles. The Hall–Kier alpha value is -2.77. The zero-order valence-electron chi connectivity index (χ0n) is 16.4. The van der Waals surface area contributed by atoms with Crippen molar-refractivity contribution in [1.29, 1.82) is 0 Å². The molecule has 0 radical (unpaired) electrons. The van der Waals surface area contributed by atoms with Gasteiger partial charge in [0, 0.05) is 31.6 Å². The first-order valence-corrected chi connectivity index (χ1v) is 10.0. The second kappa shape index (κ2) is 7.93. The van der Waals surface area contributed by atoms with Crippen LogP contribution in [0, 0.1) is 0 Å². The first-order chi connectivity index (χ1) is 13.9. The highest BCUT2D eigenvalue weighted by atomic mass is 19.3. The summed E-state index contributed by atoms with van der Waals surface area (Å²) in [6.07, 6.45) is 9.78. The lowest BCUT2D eigenvalue weighted by atomic mass is 9.92. The van der Waals surface area contributed by atoms with E-state index < -0.39 is 5.92 Å². The van der Waals surface area contributed by atoms with Gasteiger partial charge in [0.15, 0.2) is 5.65 Å². The standard InChI is InChI=1S/C21H25F2N5O/c1-14-4-2-3-5-15(14)12-24-18-8-11-28-19(27-18)17(13-25-28)20(29)26-16-6-9-21(22,23)10-7-16/h2,4,8,11,13,16H,3,5-7,9-10,12H2,1H3,(H,24,27)(H,26,29). The number of aromatic nitrogens is 3. The molecule has 6 nitrogen and oxygen atoms in total. The Labute approximate surface area is 168 Å². The predicted molar refractivity (Wildman–Crippen MR) is 107 cm³/mol. The fourth-order valence-corrected chi connectivity index (χ4v) is 3.83. The highest BCUT2D eigenvalue weighted by molar-refractivity contribution is 5.99. The van der Waals surface area contributed by atoms with Crippen LogP contribution in [0.3, 0.4) is 0 Å². The molecule has 0 aliphatic heterocycles. The van der Waals surface area contributed by atoms with Crippen molar-refractivity contribution in [3.63, 3.8) is 0 Å². The molecule has 4 rings (SSSR count). The van der Waals surface area contributed by atoms with E-state index in [1.807, 2.05) is 6.07 Å². The number of anilines is 1. The highest BCUT2D eigenvalue weighted by Gasteiger charge is 2.35. The van der Waals surface area contributed by atoms with Crippen molar-refractivity contribution in [3.8, 4) is 0 Å². The number of fused-ring (bicyclic) bond motifs is 1. The number of halogens is 2. The third-order valence-corrected chi connectivity index (χ3v) is 5.69. The average molecular weight is 401 g/mol. The van der Waals surface area contributed by atoms with E-state index in [2.05, 4.69) is 39.8 Å². The molecule has 1 fully saturated rings. The van der Waals surface area contributed by atoms with E-state index in [0.29, 0.717) is 23.6 Å². The van der Waals surface area contributed by atoms with Gasteiger partial charge in [-0.3, -0.25) is 4.79 Å². The van der Waals surface area contributed by atoms with Crippen molar-refractivity contribution in [1.82, 2.24) is 19.9 Å². The zero-order valence-corrected chi connectivity index (χ0v) is 16.4. The Morgan fingerprint density at radius 3 is 2.90 bits per heavy atom. The Bertz CT molecular complexity index is 969. The maximum atomic E-state index is 13.3. The molecule has 2 aromatic heterocycles. The van der Waals surface area contributed by atoms with Gasteiger partial charge in [0.05, 0.1) is 6.20 Å². The van der Waals surface area contributed by atoms with Crippen LogP contribution in [0.2, 0.25) is 0 Å². The van der Waals surface area contributed by atoms with E-state index >= 15 is 0 Å². The molecular formula is C21H25F2N5O. The number of carbonyl (C=O) groups excluding carboxylic acids is 1. The van der Waals surface area contributed by atoms with Crippen molar-refractivity contribution in [2.24, 2.45) is 0 Å². The van der Waals surface area contributed by atoms with Gasteiger partial charge in [-0.2, -0.15) is 5.10 Å². The summed E-state index contributed by atoms with van der Waals surface area (Å²) in [4.78, 5) is 17.2. The van der Waals surface area contributed by atoms with Crippen LogP contribution < -0.4 is 10.6 Å². The van der Waals surface area contributed by atoms with E-state index in [9.17, 15) is 13.6 Å². The molecule has 29 heavy (non-hydrogen) atoms. The molecule has 0 spiro atoms. The first-order valence-electron chi connectivity index (χ1n) is 10.0. The lowest BCUT2D eigenvalue weighted by molar-refractivity contribution is -0.0399. The third-order valence-electron chi connectivity index (χ3n) is 5.69. The number of alkyl halides is 2. The van der Waals surface area contributed by atoms with Gasteiger partial charge in [0.25, 0.3) is 5.91 Å². The van der Waals surface area contributed by atoms with Crippen molar-refractivity contribution in [2.45, 2.75) is 57.4 Å². The first kappa shape index (κ1) is 19.5. The summed E-state index contributed by atoms with van der Waals surface area (Å²) in [5, 5.41) is 10.4. The normalized spacial score (nSPS) is 19.6. The quantitative estimate of drug-likeness (QED) is 0.791. The van der Waals surface area contributed by atoms with Crippen molar-refractivity contribution in [3.05, 3.63) is 47.3 Å². The summed E-state index contributed by atoms with van der Waals surface area (Å²) < 4.78 is 28.2. The van der Waals surface area contributed by atoms with Crippen LogP contribution in [0.15, 0.2) is 41.8 Å². The molecule has 1 saturated carbocycles. The molecule has 0 unspecified atom stereocenters. The number of allylic oxidation sites excluding steroid dienone is 3. The van der Waals surface area contributed by atoms with Gasteiger partial charge in [0.2, 0.25) is 5.92 Å². The number of amides is 1. The van der Waals surface area contributed by atoms with Crippen molar-refractivity contribution < 1.29 is 13.6 Å². The summed E-state index contributed by atoms with van der Waals surface area (Å²) in [6.45, 7) is 2.80. The third kappa shape index (κ3) is 4.46. The molecule has 2 aliphatic rings. The van der Waals surface area contributed by atoms with Gasteiger partial charge < -0.3 is 10.6 Å². The lowest BCUT2D eigenvalue weighted by Crippen LogP contribution is -2.40. The topological polar surface area (TPSA) is 71.3 Å². The van der Waals surface area contributed by atoms with Crippen LogP contribution in [-0.4, -0.2) is 39.0 Å². The van der Waals surface area contributed by atoms with Gasteiger partial charge in [0.1, 0.15) is 11.4 Å². The maximum Gasteiger partial charge on any atom is 0.256 e. The molecule has 0 saturated heterocycles. The molecule has 1 amide bonds. The molecule has 2 N–H and O–H groups in total. The molecule has 0 atom stereocenters. The van der Waals surface area contributed by atoms with E-state index in [4.69, 9.17) is 0 Å². The van der Waals surface area contributed by atoms with Crippen LogP contribution in [0.25, 0.3) is 5.65 Å². The second-order valence-electron chi connectivity index (χ2n) is 7.82. The second-order valence-corrected chi connectivity index (χ2v) is 7.82. The molecule has 0 bridgehead atoms. The number of nitrogens with one attached hydrogen (secondary N) is 2. The summed E-state index contributed by atoms with van der Waals surface area (Å²) in [5.74, 6) is -2.27. The molecule has 2 aliphatic carbocycles. The van der Waals surface area contributed by atoms with E-state index in [1.54, 1.807) is 10.7 Å². The lowest BCUT2D eigenvalue weighted by Gasteiger charge is -2.28. The van der Waals surface area contributed by atoms with Crippen LogP contribution >= 0.6 is 0 Å². The van der Waals surface area contributed by atoms with Gasteiger partial charge in [-0.05, 0) is 44.2 Å². The minimum atomic E-state index is -2.62. The Morgan fingerprint density at radius 1 is 1.34 bits per heavy atom. The van der Waals surface area contributed by atoms with Crippen LogP contribution in [0.4, 0.5) is 14.6 Å². The zero-order chi connectivity index (χ0) is 20.4. The predicted octanol–water partition coefficient (Wildman–Crippen LogP) is 4.12. The smallest absolute Gasteiger partial charge is 0.256 e. The van der Waals surface area contributed by atoms with Crippen LogP contribution in [-0.2, 0) is 0 Å². The van der Waals surface area contributed by atoms with Gasteiger partial charge >= 0.3 is 0 Å².